The summed E-state index contributed by atoms with van der Waals surface area (Å²) in [5.74, 6) is -1.42. The summed E-state index contributed by atoms with van der Waals surface area (Å²) in [7, 11) is 0. The number of phenols is 1. The Morgan fingerprint density at radius 1 is 1.25 bits per heavy atom. The number of hydrogen-bond donors (Lipinski definition) is 3. The first-order valence-corrected chi connectivity index (χ1v) is 8.46. The van der Waals surface area contributed by atoms with Crippen LogP contribution in [-0.2, 0) is 6.18 Å². The van der Waals surface area contributed by atoms with Crippen molar-refractivity contribution in [3.05, 3.63) is 34.5 Å². The number of amides is 1. The van der Waals surface area contributed by atoms with Crippen LogP contribution in [0.2, 0.25) is 0 Å². The molecule has 10 heteroatoms. The van der Waals surface area contributed by atoms with Crippen LogP contribution >= 0.6 is 0 Å². The van der Waals surface area contributed by atoms with Crippen LogP contribution in [0.15, 0.2) is 12.1 Å². The number of rotatable bonds is 3. The minimum atomic E-state index is -4.79. The maximum absolute atomic E-state index is 13.9. The molecule has 0 saturated carbocycles. The van der Waals surface area contributed by atoms with E-state index in [0.29, 0.717) is 16.8 Å². The largest absolute Gasteiger partial charge is 0.508 e. The predicted molar refractivity (Wildman–Crippen MR) is 98.5 cm³/mol. The van der Waals surface area contributed by atoms with Gasteiger partial charge < -0.3 is 16.6 Å². The van der Waals surface area contributed by atoms with Crippen LogP contribution in [0.25, 0.3) is 16.7 Å². The number of halogens is 3. The van der Waals surface area contributed by atoms with Crippen LogP contribution in [0.4, 0.5) is 19.0 Å². The quantitative estimate of drug-likeness (QED) is 0.631. The first-order chi connectivity index (χ1) is 12.9. The summed E-state index contributed by atoms with van der Waals surface area (Å²) in [5, 5.41) is 13.8. The van der Waals surface area contributed by atoms with Gasteiger partial charge in [0.2, 0.25) is 0 Å². The molecule has 5 N–H and O–H groups in total. The predicted octanol–water partition coefficient (Wildman–Crippen LogP) is 3.43. The van der Waals surface area contributed by atoms with E-state index in [1.807, 2.05) is 0 Å². The van der Waals surface area contributed by atoms with Crippen LogP contribution < -0.4 is 11.5 Å². The molecule has 0 saturated heterocycles. The lowest BCUT2D eigenvalue weighted by atomic mass is 10.1. The Labute approximate surface area is 158 Å². The smallest absolute Gasteiger partial charge is 0.433 e. The summed E-state index contributed by atoms with van der Waals surface area (Å²) in [5.41, 5.74) is 11.1. The number of carbonyl (C=O) groups is 1. The van der Waals surface area contributed by atoms with Crippen LogP contribution in [0.5, 0.6) is 5.75 Å². The number of alkyl halides is 3. The van der Waals surface area contributed by atoms with E-state index in [-0.39, 0.29) is 17.2 Å². The lowest BCUT2D eigenvalue weighted by Gasteiger charge is -2.16. The maximum Gasteiger partial charge on any atom is 0.433 e. The SMILES string of the molecule is Cc1ccc(O)c(C)c1-n1c(N)c(C(N)=O)c2c(C(F)(F)F)n(C(C)C)nc21. The van der Waals surface area contributed by atoms with Crippen molar-refractivity contribution in [3.63, 3.8) is 0 Å². The van der Waals surface area contributed by atoms with Gasteiger partial charge in [-0.05, 0) is 39.3 Å². The van der Waals surface area contributed by atoms with Crippen LogP contribution in [0, 0.1) is 13.8 Å². The highest BCUT2D eigenvalue weighted by molar-refractivity contribution is 6.12. The molecule has 0 fully saturated rings. The molecular weight excluding hydrogens is 375 g/mol. The number of nitrogen functional groups attached to an aromatic ring is 1. The molecule has 0 aliphatic heterocycles. The van der Waals surface area contributed by atoms with Gasteiger partial charge in [-0.25, -0.2) is 0 Å². The maximum atomic E-state index is 13.9. The van der Waals surface area contributed by atoms with Gasteiger partial charge in [0.1, 0.15) is 11.6 Å². The van der Waals surface area contributed by atoms with Gasteiger partial charge in [0.25, 0.3) is 5.91 Å². The third-order valence-corrected chi connectivity index (χ3v) is 4.68. The Morgan fingerprint density at radius 3 is 2.36 bits per heavy atom. The number of fused-ring (bicyclic) bond motifs is 1. The molecule has 1 amide bonds. The fourth-order valence-electron chi connectivity index (χ4n) is 3.45. The number of primary amides is 1. The molecule has 2 aromatic heterocycles. The number of nitrogens with two attached hydrogens (primary N) is 2. The summed E-state index contributed by atoms with van der Waals surface area (Å²) < 4.78 is 43.7. The number of phenolic OH excluding ortho intramolecular Hbond substituents is 1. The standard InChI is InChI=1S/C18H20F3N5O2/c1-7(2)26-14(18(19,20)21)11-12(16(23)28)15(22)25(17(11)24-26)13-8(3)5-6-10(27)9(13)4/h5-7,27H,22H2,1-4H3,(H2,23,28). The highest BCUT2D eigenvalue weighted by Gasteiger charge is 2.42. The lowest BCUT2D eigenvalue weighted by molar-refractivity contribution is -0.143. The molecule has 0 aliphatic rings. The first kappa shape index (κ1) is 19.6. The van der Waals surface area contributed by atoms with E-state index in [9.17, 15) is 23.1 Å². The van der Waals surface area contributed by atoms with Crippen LogP contribution in [0.3, 0.4) is 0 Å². The van der Waals surface area contributed by atoms with Gasteiger partial charge in [-0.3, -0.25) is 14.0 Å². The van der Waals surface area contributed by atoms with Gasteiger partial charge in [-0.1, -0.05) is 6.07 Å². The fraction of sp³-hybridized carbons (Fsp3) is 0.333. The summed E-state index contributed by atoms with van der Waals surface area (Å²) in [6.45, 7) is 6.39. The first-order valence-electron chi connectivity index (χ1n) is 8.46. The molecule has 1 aromatic carbocycles. The average Bonchev–Trinajstić information content (AvgIpc) is 3.06. The van der Waals surface area contributed by atoms with E-state index in [1.165, 1.54) is 10.6 Å². The molecule has 150 valence electrons. The van der Waals surface area contributed by atoms with Crippen molar-refractivity contribution in [2.24, 2.45) is 5.73 Å². The molecule has 0 radical (unpaired) electrons. The van der Waals surface area contributed by atoms with E-state index in [0.717, 1.165) is 4.68 Å². The second kappa shape index (κ2) is 6.18. The average molecular weight is 395 g/mol. The minimum Gasteiger partial charge on any atom is -0.508 e. The molecule has 3 rings (SSSR count). The van der Waals surface area contributed by atoms with Gasteiger partial charge in [-0.15, -0.1) is 0 Å². The number of anilines is 1. The summed E-state index contributed by atoms with van der Waals surface area (Å²) in [6.07, 6.45) is -4.79. The molecule has 0 aliphatic carbocycles. The van der Waals surface area contributed by atoms with E-state index >= 15 is 0 Å². The number of hydrogen-bond acceptors (Lipinski definition) is 4. The van der Waals surface area contributed by atoms with Gasteiger partial charge in [0.15, 0.2) is 11.3 Å². The highest BCUT2D eigenvalue weighted by Crippen LogP contribution is 2.43. The van der Waals surface area contributed by atoms with Crippen molar-refractivity contribution >= 4 is 22.8 Å². The molecule has 0 atom stereocenters. The molecule has 28 heavy (non-hydrogen) atoms. The second-order valence-electron chi connectivity index (χ2n) is 6.92. The van der Waals surface area contributed by atoms with Crippen LogP contribution in [0.1, 0.15) is 47.1 Å². The fourth-order valence-corrected chi connectivity index (χ4v) is 3.45. The zero-order valence-corrected chi connectivity index (χ0v) is 15.7. The highest BCUT2D eigenvalue weighted by atomic mass is 19.4. The van der Waals surface area contributed by atoms with Crippen LogP contribution in [-0.4, -0.2) is 25.4 Å². The molecule has 0 spiro atoms. The summed E-state index contributed by atoms with van der Waals surface area (Å²) in [4.78, 5) is 12.1. The van der Waals surface area contributed by atoms with E-state index in [2.05, 4.69) is 5.10 Å². The number of aromatic nitrogens is 3. The van der Waals surface area contributed by atoms with E-state index < -0.39 is 34.8 Å². The van der Waals surface area contributed by atoms with E-state index in [4.69, 9.17) is 11.5 Å². The molecular formula is C18H20F3N5O2. The topological polar surface area (TPSA) is 112 Å². The van der Waals surface area contributed by atoms with Crippen molar-refractivity contribution in [1.82, 2.24) is 14.3 Å². The Kier molecular flexibility index (Phi) is 4.32. The third-order valence-electron chi connectivity index (χ3n) is 4.68. The third kappa shape index (κ3) is 2.67. The number of carbonyl (C=O) groups excluding carboxylic acids is 1. The minimum absolute atomic E-state index is 0.0678. The van der Waals surface area contributed by atoms with Crippen molar-refractivity contribution in [1.29, 1.82) is 0 Å². The zero-order chi connectivity index (χ0) is 21.1. The Hall–Kier alpha value is -3.17. The number of aryl methyl sites for hydroxylation is 1. The van der Waals surface area contributed by atoms with E-state index in [1.54, 1.807) is 33.8 Å². The summed E-state index contributed by atoms with van der Waals surface area (Å²) >= 11 is 0. The normalized spacial score (nSPS) is 12.3. The number of nitrogens with zero attached hydrogens (tertiary/aromatic N) is 3. The Bertz CT molecular complexity index is 1110. The molecule has 0 unspecified atom stereocenters. The van der Waals surface area contributed by atoms with Gasteiger partial charge in [0, 0.05) is 11.6 Å². The van der Waals surface area contributed by atoms with Gasteiger partial charge >= 0.3 is 6.18 Å². The van der Waals surface area contributed by atoms with Crippen molar-refractivity contribution in [3.8, 4) is 11.4 Å². The number of aromatic hydroxyl groups is 1. The number of benzene rings is 1. The van der Waals surface area contributed by atoms with Crippen molar-refractivity contribution in [2.45, 2.75) is 39.9 Å². The van der Waals surface area contributed by atoms with Gasteiger partial charge in [-0.2, -0.15) is 18.3 Å². The molecule has 2 heterocycles. The zero-order valence-electron chi connectivity index (χ0n) is 15.7. The van der Waals surface area contributed by atoms with Crippen molar-refractivity contribution in [2.75, 3.05) is 5.73 Å². The molecule has 7 nitrogen and oxygen atoms in total. The lowest BCUT2D eigenvalue weighted by Crippen LogP contribution is -2.20. The van der Waals surface area contributed by atoms with Gasteiger partial charge in [0.05, 0.1) is 16.6 Å². The molecule has 3 aromatic rings. The molecule has 0 bridgehead atoms. The Balaban J connectivity index is 2.60. The van der Waals surface area contributed by atoms with Crippen molar-refractivity contribution < 1.29 is 23.1 Å². The summed E-state index contributed by atoms with van der Waals surface area (Å²) in [6, 6.07) is 2.43. The monoisotopic (exact) mass is 395 g/mol. The second-order valence-corrected chi connectivity index (χ2v) is 6.92. The Morgan fingerprint density at radius 2 is 1.86 bits per heavy atom.